The van der Waals surface area contributed by atoms with Crippen molar-refractivity contribution in [3.05, 3.63) is 65.8 Å². The van der Waals surface area contributed by atoms with Crippen LogP contribution in [0, 0.1) is 0 Å². The molecule has 1 aliphatic heterocycles. The molecule has 0 unspecified atom stereocenters. The first-order chi connectivity index (χ1) is 16.4. The monoisotopic (exact) mass is 498 g/mol. The highest BCUT2D eigenvalue weighted by Gasteiger charge is 2.20. The van der Waals surface area contributed by atoms with Crippen LogP contribution in [-0.2, 0) is 4.79 Å². The molecule has 3 aromatic rings. The maximum absolute atomic E-state index is 11.5. The van der Waals surface area contributed by atoms with Crippen molar-refractivity contribution in [1.82, 2.24) is 9.88 Å². The van der Waals surface area contributed by atoms with Crippen LogP contribution >= 0.6 is 22.9 Å². The lowest BCUT2D eigenvalue weighted by Gasteiger charge is -2.29. The van der Waals surface area contributed by atoms with E-state index in [-0.39, 0.29) is 11.1 Å². The predicted octanol–water partition coefficient (Wildman–Crippen LogP) is 6.27. The van der Waals surface area contributed by atoms with Crippen LogP contribution in [-0.4, -0.2) is 43.0 Å². The van der Waals surface area contributed by atoms with Crippen LogP contribution in [0.1, 0.15) is 24.3 Å². The third kappa shape index (κ3) is 5.88. The lowest BCUT2D eigenvalue weighted by Crippen LogP contribution is -2.29. The zero-order valence-electron chi connectivity index (χ0n) is 19.1. The molecule has 2 aromatic carbocycles. The number of methoxy groups -OCH3 is 1. The number of ether oxygens (including phenoxy) is 2. The molecule has 0 saturated carbocycles. The van der Waals surface area contributed by atoms with Gasteiger partial charge < -0.3 is 25.0 Å². The highest BCUT2D eigenvalue weighted by Crippen LogP contribution is 2.41. The number of rotatable bonds is 8. The minimum atomic E-state index is -0.296. The molecule has 9 heteroatoms. The first-order valence-corrected chi connectivity index (χ1v) is 12.2. The minimum Gasteiger partial charge on any atom is -0.495 e. The summed E-state index contributed by atoms with van der Waals surface area (Å²) in [6.07, 6.45) is 3.50. The van der Waals surface area contributed by atoms with Crippen molar-refractivity contribution in [2.24, 2.45) is 0 Å². The van der Waals surface area contributed by atoms with Gasteiger partial charge in [0, 0.05) is 11.8 Å². The highest BCUT2D eigenvalue weighted by atomic mass is 35.5. The van der Waals surface area contributed by atoms with E-state index in [4.69, 9.17) is 21.1 Å². The molecule has 1 amide bonds. The van der Waals surface area contributed by atoms with Gasteiger partial charge in [-0.05, 0) is 74.8 Å². The number of hydrogen-bond acceptors (Lipinski definition) is 7. The Balaban J connectivity index is 1.47. The Morgan fingerprint density at radius 1 is 1.26 bits per heavy atom. The van der Waals surface area contributed by atoms with Gasteiger partial charge in [0.15, 0.2) is 10.3 Å². The topological polar surface area (TPSA) is 75.7 Å². The second-order valence-electron chi connectivity index (χ2n) is 8.08. The summed E-state index contributed by atoms with van der Waals surface area (Å²) < 4.78 is 11.6. The second kappa shape index (κ2) is 10.9. The summed E-state index contributed by atoms with van der Waals surface area (Å²) in [7, 11) is 3.83. The first-order valence-electron chi connectivity index (χ1n) is 11.0. The van der Waals surface area contributed by atoms with Crippen molar-refractivity contribution in [3.8, 4) is 16.6 Å². The summed E-state index contributed by atoms with van der Waals surface area (Å²) in [6, 6.07) is 13.3. The lowest BCUT2D eigenvalue weighted by molar-refractivity contribution is -0.111. The van der Waals surface area contributed by atoms with Gasteiger partial charge in [0.2, 0.25) is 11.0 Å². The molecule has 1 saturated heterocycles. The van der Waals surface area contributed by atoms with Crippen molar-refractivity contribution >= 4 is 45.4 Å². The summed E-state index contributed by atoms with van der Waals surface area (Å²) in [6.45, 7) is 5.67. The van der Waals surface area contributed by atoms with Crippen LogP contribution in [0.15, 0.2) is 55.1 Å². The van der Waals surface area contributed by atoms with Crippen LogP contribution in [0.25, 0.3) is 0 Å². The quantitative estimate of drug-likeness (QED) is 0.356. The van der Waals surface area contributed by atoms with E-state index in [1.807, 2.05) is 6.07 Å². The second-order valence-corrected chi connectivity index (χ2v) is 9.40. The Morgan fingerprint density at radius 3 is 2.79 bits per heavy atom. The van der Waals surface area contributed by atoms with E-state index in [1.54, 1.807) is 31.4 Å². The van der Waals surface area contributed by atoms with E-state index in [2.05, 4.69) is 46.3 Å². The van der Waals surface area contributed by atoms with Crippen LogP contribution in [0.3, 0.4) is 0 Å². The Kier molecular flexibility index (Phi) is 7.72. The third-order valence-corrected chi connectivity index (χ3v) is 6.93. The molecular formula is C25H27ClN4O3S. The maximum atomic E-state index is 11.5. The zero-order valence-corrected chi connectivity index (χ0v) is 20.7. The normalized spacial score (nSPS) is 14.4. The number of thiazole rings is 1. The van der Waals surface area contributed by atoms with Crippen LogP contribution in [0.5, 0.6) is 16.6 Å². The van der Waals surface area contributed by atoms with Gasteiger partial charge in [-0.1, -0.05) is 41.6 Å². The van der Waals surface area contributed by atoms with Gasteiger partial charge in [-0.25, -0.2) is 4.98 Å². The van der Waals surface area contributed by atoms with Crippen LogP contribution in [0.2, 0.25) is 5.15 Å². The smallest absolute Gasteiger partial charge is 0.247 e. The molecular weight excluding hydrogens is 472 g/mol. The molecule has 1 aromatic heterocycles. The number of hydrogen-bond donors (Lipinski definition) is 2. The van der Waals surface area contributed by atoms with Gasteiger partial charge in [-0.3, -0.25) is 4.79 Å². The number of nitrogens with zero attached hydrogens (tertiary/aromatic N) is 2. The molecule has 178 valence electrons. The summed E-state index contributed by atoms with van der Waals surface area (Å²) >= 11 is 7.62. The summed E-state index contributed by atoms with van der Waals surface area (Å²) in [5, 5.41) is 7.27. The number of benzene rings is 2. The number of likely N-dealkylation sites (tertiary alicyclic amines) is 1. The summed E-state index contributed by atoms with van der Waals surface area (Å²) in [5.74, 6) is 1.53. The van der Waals surface area contributed by atoms with Crippen molar-refractivity contribution in [3.63, 3.8) is 0 Å². The highest BCUT2D eigenvalue weighted by molar-refractivity contribution is 7.18. The Hall–Kier alpha value is -3.07. The average Bonchev–Trinajstić information content (AvgIpc) is 3.18. The zero-order chi connectivity index (χ0) is 24.1. The standard InChI is InChI=1S/C25H27ClN4O3S/c1-4-22(31)27-18-6-5-7-19(15-18)33-24-23(26)29-25(34-24)28-20-9-8-17(14-21(20)32-3)16-10-12-30(2)13-11-16/h4-9,14-16H,1,10-13H2,2-3H3,(H,27,31)(H,28,29). The predicted molar refractivity (Wildman–Crippen MR) is 138 cm³/mol. The molecule has 0 spiro atoms. The van der Waals surface area contributed by atoms with Gasteiger partial charge in [-0.2, -0.15) is 0 Å². The fourth-order valence-electron chi connectivity index (χ4n) is 3.86. The Labute approximate surface area is 208 Å². The maximum Gasteiger partial charge on any atom is 0.247 e. The Bertz CT molecular complexity index is 1170. The molecule has 1 aliphatic rings. The van der Waals surface area contributed by atoms with Gasteiger partial charge >= 0.3 is 0 Å². The van der Waals surface area contributed by atoms with E-state index < -0.39 is 0 Å². The number of carbonyl (C=O) groups excluding carboxylic acids is 1. The fourth-order valence-corrected chi connectivity index (χ4v) is 4.89. The largest absolute Gasteiger partial charge is 0.495 e. The fraction of sp³-hybridized carbons (Fsp3) is 0.280. The molecule has 2 N–H and O–H groups in total. The van der Waals surface area contributed by atoms with Crippen molar-refractivity contribution in [1.29, 1.82) is 0 Å². The van der Waals surface area contributed by atoms with Crippen LogP contribution in [0.4, 0.5) is 16.5 Å². The minimum absolute atomic E-state index is 0.245. The van der Waals surface area contributed by atoms with Crippen LogP contribution < -0.4 is 20.1 Å². The molecule has 1 fully saturated rings. The lowest BCUT2D eigenvalue weighted by atomic mass is 9.89. The van der Waals surface area contributed by atoms with E-state index in [0.717, 1.165) is 37.4 Å². The molecule has 0 aliphatic carbocycles. The molecule has 2 heterocycles. The molecule has 4 rings (SSSR count). The van der Waals surface area contributed by atoms with Crippen molar-refractivity contribution < 1.29 is 14.3 Å². The van der Waals surface area contributed by atoms with E-state index in [9.17, 15) is 4.79 Å². The summed E-state index contributed by atoms with van der Waals surface area (Å²) in [4.78, 5) is 18.3. The molecule has 0 bridgehead atoms. The van der Waals surface area contributed by atoms with Gasteiger partial charge in [0.1, 0.15) is 11.5 Å². The van der Waals surface area contributed by atoms with Gasteiger partial charge in [0.05, 0.1) is 12.8 Å². The number of carbonyl (C=O) groups is 1. The Morgan fingerprint density at radius 2 is 2.06 bits per heavy atom. The van der Waals surface area contributed by atoms with Gasteiger partial charge in [0.25, 0.3) is 0 Å². The number of halogens is 1. The molecule has 34 heavy (non-hydrogen) atoms. The van der Waals surface area contributed by atoms with Crippen molar-refractivity contribution in [2.45, 2.75) is 18.8 Å². The molecule has 7 nitrogen and oxygen atoms in total. The third-order valence-electron chi connectivity index (χ3n) is 5.71. The average molecular weight is 499 g/mol. The number of anilines is 3. The summed E-state index contributed by atoms with van der Waals surface area (Å²) in [5.41, 5.74) is 2.70. The first kappa shape index (κ1) is 24.1. The SMILES string of the molecule is C=CC(=O)Nc1cccc(Oc2sc(Nc3ccc(C4CCN(C)CC4)cc3OC)nc2Cl)c1. The number of nitrogens with one attached hydrogen (secondary N) is 2. The number of aromatic nitrogens is 1. The van der Waals surface area contributed by atoms with Crippen molar-refractivity contribution in [2.75, 3.05) is 37.9 Å². The van der Waals surface area contributed by atoms with E-state index in [1.165, 1.54) is 23.0 Å². The number of amides is 1. The number of piperidine rings is 1. The van der Waals surface area contributed by atoms with Gasteiger partial charge in [-0.15, -0.1) is 0 Å². The molecule has 0 radical (unpaired) electrons. The molecule has 0 atom stereocenters. The van der Waals surface area contributed by atoms with E-state index in [0.29, 0.717) is 27.5 Å². The van der Waals surface area contributed by atoms with E-state index >= 15 is 0 Å².